The van der Waals surface area contributed by atoms with E-state index in [0.717, 1.165) is 0 Å². The summed E-state index contributed by atoms with van der Waals surface area (Å²) in [4.78, 5) is 13.0. The molecule has 0 aromatic heterocycles. The van der Waals surface area contributed by atoms with Gasteiger partial charge in [-0.1, -0.05) is 6.07 Å². The number of fused-ring (bicyclic) bond motifs is 1. The van der Waals surface area contributed by atoms with Gasteiger partial charge in [0.05, 0.1) is 12.7 Å². The fraction of sp³-hybridized carbons (Fsp3) is 0.381. The number of rotatable bonds is 9. The summed E-state index contributed by atoms with van der Waals surface area (Å²) in [5, 5.41) is 0. The second kappa shape index (κ2) is 9.60. The van der Waals surface area contributed by atoms with E-state index in [1.54, 1.807) is 43.5 Å². The molecule has 0 aliphatic carbocycles. The van der Waals surface area contributed by atoms with E-state index >= 15 is 0 Å². The zero-order valence-electron chi connectivity index (χ0n) is 16.8. The smallest absolute Gasteiger partial charge is 0.199 e. The predicted molar refractivity (Wildman–Crippen MR) is 103 cm³/mol. The molecule has 0 saturated carbocycles. The van der Waals surface area contributed by atoms with Crippen LogP contribution in [0, 0.1) is 0 Å². The molecule has 2 aromatic rings. The Morgan fingerprint density at radius 3 is 2.34 bits per heavy atom. The first-order chi connectivity index (χ1) is 14.1. The highest BCUT2D eigenvalue weighted by atomic mass is 16.7. The van der Waals surface area contributed by atoms with Gasteiger partial charge in [-0.05, 0) is 29.8 Å². The number of ketones is 1. The van der Waals surface area contributed by atoms with E-state index in [9.17, 15) is 4.79 Å². The van der Waals surface area contributed by atoms with E-state index < -0.39 is 12.2 Å². The summed E-state index contributed by atoms with van der Waals surface area (Å²) in [6, 6.07) is 10.3. The molecule has 29 heavy (non-hydrogen) atoms. The Morgan fingerprint density at radius 2 is 1.66 bits per heavy atom. The number of hydrogen-bond donors (Lipinski definition) is 0. The van der Waals surface area contributed by atoms with Crippen molar-refractivity contribution in [3.05, 3.63) is 47.5 Å². The highest BCUT2D eigenvalue weighted by Crippen LogP contribution is 2.40. The second-order valence-corrected chi connectivity index (χ2v) is 6.23. The Balaban J connectivity index is 1.96. The third-order valence-corrected chi connectivity index (χ3v) is 4.45. The van der Waals surface area contributed by atoms with Crippen LogP contribution in [0.15, 0.2) is 36.4 Å². The van der Waals surface area contributed by atoms with Crippen LogP contribution in [0.4, 0.5) is 0 Å². The average molecular weight is 404 g/mol. The minimum Gasteiger partial charge on any atom is -0.493 e. The molecule has 156 valence electrons. The van der Waals surface area contributed by atoms with Crippen molar-refractivity contribution in [1.82, 2.24) is 0 Å². The SMILES string of the molecule is COCOc1ccc2c(c1)OC(c1ccc(OC)c(OCOC)c1)C(OC)C2=O. The Morgan fingerprint density at radius 1 is 0.897 bits per heavy atom. The molecule has 2 unspecified atom stereocenters. The van der Waals surface area contributed by atoms with Crippen LogP contribution < -0.4 is 18.9 Å². The Bertz CT molecular complexity index is 851. The number of ether oxygens (including phenoxy) is 7. The van der Waals surface area contributed by atoms with Gasteiger partial charge in [0.2, 0.25) is 0 Å². The van der Waals surface area contributed by atoms with Crippen LogP contribution in [-0.4, -0.2) is 53.9 Å². The van der Waals surface area contributed by atoms with Crippen LogP contribution in [-0.2, 0) is 14.2 Å². The number of benzene rings is 2. The standard InChI is InChI=1S/C21H24O8/c1-23-11-27-14-6-7-15-17(10-14)29-20(21(26-4)19(15)22)13-5-8-16(25-3)18(9-13)28-12-24-2/h5-10,20-21H,11-12H2,1-4H3. The summed E-state index contributed by atoms with van der Waals surface area (Å²) in [5.41, 5.74) is 1.13. The highest BCUT2D eigenvalue weighted by Gasteiger charge is 2.39. The van der Waals surface area contributed by atoms with Crippen molar-refractivity contribution in [3.63, 3.8) is 0 Å². The number of carbonyl (C=O) groups is 1. The minimum atomic E-state index is -0.808. The number of carbonyl (C=O) groups excluding carboxylic acids is 1. The Labute approximate surface area is 169 Å². The average Bonchev–Trinajstić information content (AvgIpc) is 2.75. The zero-order chi connectivity index (χ0) is 20.8. The lowest BCUT2D eigenvalue weighted by molar-refractivity contribution is -0.00125. The maximum absolute atomic E-state index is 13.0. The molecule has 0 N–H and O–H groups in total. The highest BCUT2D eigenvalue weighted by molar-refractivity contribution is 6.03. The summed E-state index contributed by atoms with van der Waals surface area (Å²) in [5.74, 6) is 1.79. The molecule has 3 rings (SSSR count). The molecule has 8 nitrogen and oxygen atoms in total. The quantitative estimate of drug-likeness (QED) is 0.590. The molecule has 0 radical (unpaired) electrons. The van der Waals surface area contributed by atoms with Gasteiger partial charge in [0.25, 0.3) is 0 Å². The zero-order valence-corrected chi connectivity index (χ0v) is 16.8. The first-order valence-corrected chi connectivity index (χ1v) is 8.92. The number of Topliss-reactive ketones (excluding diaryl/α,β-unsaturated/α-hetero) is 1. The van der Waals surface area contributed by atoms with Crippen LogP contribution in [0.2, 0.25) is 0 Å². The van der Waals surface area contributed by atoms with Crippen molar-refractivity contribution >= 4 is 5.78 Å². The third-order valence-electron chi connectivity index (χ3n) is 4.45. The summed E-state index contributed by atoms with van der Waals surface area (Å²) in [6.45, 7) is 0.149. The largest absolute Gasteiger partial charge is 0.493 e. The topological polar surface area (TPSA) is 81.7 Å². The summed E-state index contributed by atoms with van der Waals surface area (Å²) in [6.07, 6.45) is -1.48. The van der Waals surface area contributed by atoms with Gasteiger partial charge in [0.15, 0.2) is 43.1 Å². The van der Waals surface area contributed by atoms with Crippen molar-refractivity contribution in [3.8, 4) is 23.0 Å². The van der Waals surface area contributed by atoms with E-state index in [4.69, 9.17) is 33.2 Å². The number of hydrogen-bond acceptors (Lipinski definition) is 8. The normalized spacial score (nSPS) is 18.0. The van der Waals surface area contributed by atoms with Gasteiger partial charge in [0, 0.05) is 27.4 Å². The van der Waals surface area contributed by atoms with Crippen LogP contribution >= 0.6 is 0 Å². The molecule has 0 spiro atoms. The van der Waals surface area contributed by atoms with E-state index in [1.807, 2.05) is 0 Å². The van der Waals surface area contributed by atoms with E-state index in [2.05, 4.69) is 0 Å². The fourth-order valence-corrected chi connectivity index (χ4v) is 3.09. The van der Waals surface area contributed by atoms with Gasteiger partial charge >= 0.3 is 0 Å². The summed E-state index contributed by atoms with van der Waals surface area (Å²) < 4.78 is 37.9. The molecule has 2 aromatic carbocycles. The Kier molecular flexibility index (Phi) is 6.92. The van der Waals surface area contributed by atoms with Crippen LogP contribution in [0.3, 0.4) is 0 Å². The van der Waals surface area contributed by atoms with Gasteiger partial charge in [-0.2, -0.15) is 0 Å². The molecule has 0 amide bonds. The second-order valence-electron chi connectivity index (χ2n) is 6.23. The molecule has 1 heterocycles. The molecule has 1 aliphatic rings. The van der Waals surface area contributed by atoms with Gasteiger partial charge in [0.1, 0.15) is 11.5 Å². The molecule has 0 fully saturated rings. The minimum absolute atomic E-state index is 0.0566. The Hall–Kier alpha value is -2.81. The van der Waals surface area contributed by atoms with Gasteiger partial charge < -0.3 is 33.2 Å². The first kappa shape index (κ1) is 20.9. The molecule has 1 aliphatic heterocycles. The lowest BCUT2D eigenvalue weighted by Gasteiger charge is -2.32. The first-order valence-electron chi connectivity index (χ1n) is 8.92. The van der Waals surface area contributed by atoms with Gasteiger partial charge in [-0.15, -0.1) is 0 Å². The third kappa shape index (κ3) is 4.45. The lowest BCUT2D eigenvalue weighted by Crippen LogP contribution is -2.37. The maximum Gasteiger partial charge on any atom is 0.199 e. The molecular weight excluding hydrogens is 380 g/mol. The number of methoxy groups -OCH3 is 4. The van der Waals surface area contributed by atoms with Crippen molar-refractivity contribution < 1.29 is 38.0 Å². The van der Waals surface area contributed by atoms with Crippen molar-refractivity contribution in [2.24, 2.45) is 0 Å². The lowest BCUT2D eigenvalue weighted by atomic mass is 9.93. The monoisotopic (exact) mass is 404 g/mol. The molecule has 0 saturated heterocycles. The molecule has 2 atom stereocenters. The maximum atomic E-state index is 13.0. The van der Waals surface area contributed by atoms with E-state index in [0.29, 0.717) is 34.1 Å². The summed E-state index contributed by atoms with van der Waals surface area (Å²) >= 11 is 0. The molecule has 0 bridgehead atoms. The van der Waals surface area contributed by atoms with Crippen molar-refractivity contribution in [2.45, 2.75) is 12.2 Å². The van der Waals surface area contributed by atoms with Crippen LogP contribution in [0.5, 0.6) is 23.0 Å². The summed E-state index contributed by atoms with van der Waals surface area (Å²) in [7, 11) is 6.09. The van der Waals surface area contributed by atoms with Crippen molar-refractivity contribution in [2.75, 3.05) is 42.0 Å². The van der Waals surface area contributed by atoms with E-state index in [1.165, 1.54) is 21.3 Å². The fourth-order valence-electron chi connectivity index (χ4n) is 3.09. The van der Waals surface area contributed by atoms with Crippen LogP contribution in [0.25, 0.3) is 0 Å². The van der Waals surface area contributed by atoms with Gasteiger partial charge in [-0.3, -0.25) is 4.79 Å². The molecule has 8 heteroatoms. The van der Waals surface area contributed by atoms with Gasteiger partial charge in [-0.25, -0.2) is 0 Å². The van der Waals surface area contributed by atoms with Crippen LogP contribution in [0.1, 0.15) is 22.0 Å². The predicted octanol–water partition coefficient (Wildman–Crippen LogP) is 2.99. The van der Waals surface area contributed by atoms with E-state index in [-0.39, 0.29) is 19.4 Å². The van der Waals surface area contributed by atoms with Crippen molar-refractivity contribution in [1.29, 1.82) is 0 Å². The molecular formula is C21H24O8.